The smallest absolute Gasteiger partial charge is 0.244 e. The molecule has 0 radical (unpaired) electrons. The molecule has 0 N–H and O–H groups in total. The van der Waals surface area contributed by atoms with Gasteiger partial charge in [-0.3, -0.25) is 4.79 Å². The van der Waals surface area contributed by atoms with Crippen molar-refractivity contribution in [2.45, 2.75) is 25.4 Å². The van der Waals surface area contributed by atoms with Crippen LogP contribution in [0.25, 0.3) is 11.0 Å². The summed E-state index contributed by atoms with van der Waals surface area (Å²) in [6.45, 7) is 1.76. The third kappa shape index (κ3) is 2.69. The number of imidazole rings is 1. The molecule has 3 heterocycles. The monoisotopic (exact) mass is 310 g/mol. The SMILES string of the molecule is O=C(Cn1nnc2ccccc21)N1CCCC(n2ccnc2)C1. The van der Waals surface area contributed by atoms with Crippen LogP contribution < -0.4 is 0 Å². The third-order valence-electron chi connectivity index (χ3n) is 4.40. The normalized spacial score (nSPS) is 18.4. The van der Waals surface area contributed by atoms with Gasteiger partial charge in [-0.15, -0.1) is 5.10 Å². The fourth-order valence-electron chi connectivity index (χ4n) is 3.17. The van der Waals surface area contributed by atoms with Crippen molar-refractivity contribution in [2.75, 3.05) is 13.1 Å². The molecule has 7 heteroatoms. The number of hydrogen-bond acceptors (Lipinski definition) is 4. The number of nitrogens with zero attached hydrogens (tertiary/aromatic N) is 6. The molecule has 1 aromatic carbocycles. The molecule has 2 aromatic heterocycles. The first kappa shape index (κ1) is 13.9. The number of para-hydroxylation sites is 1. The Labute approximate surface area is 133 Å². The van der Waals surface area contributed by atoms with E-state index in [4.69, 9.17) is 0 Å². The van der Waals surface area contributed by atoms with E-state index in [0.29, 0.717) is 6.04 Å². The van der Waals surface area contributed by atoms with Gasteiger partial charge in [0.25, 0.3) is 0 Å². The highest BCUT2D eigenvalue weighted by atomic mass is 16.2. The Kier molecular flexibility index (Phi) is 3.53. The summed E-state index contributed by atoms with van der Waals surface area (Å²) >= 11 is 0. The van der Waals surface area contributed by atoms with Gasteiger partial charge in [-0.2, -0.15) is 0 Å². The summed E-state index contributed by atoms with van der Waals surface area (Å²) in [7, 11) is 0. The highest BCUT2D eigenvalue weighted by molar-refractivity contribution is 5.79. The van der Waals surface area contributed by atoms with Crippen molar-refractivity contribution < 1.29 is 4.79 Å². The summed E-state index contributed by atoms with van der Waals surface area (Å²) in [6.07, 6.45) is 7.65. The van der Waals surface area contributed by atoms with E-state index in [9.17, 15) is 4.79 Å². The van der Waals surface area contributed by atoms with Crippen LogP contribution in [0.1, 0.15) is 18.9 Å². The van der Waals surface area contributed by atoms with E-state index >= 15 is 0 Å². The topological polar surface area (TPSA) is 68.8 Å². The van der Waals surface area contributed by atoms with Gasteiger partial charge in [0.1, 0.15) is 12.1 Å². The summed E-state index contributed by atoms with van der Waals surface area (Å²) in [5, 5.41) is 8.21. The lowest BCUT2D eigenvalue weighted by Crippen LogP contribution is -2.42. The maximum Gasteiger partial charge on any atom is 0.244 e. The number of rotatable bonds is 3. The molecule has 4 rings (SSSR count). The lowest BCUT2D eigenvalue weighted by Gasteiger charge is -2.33. The predicted octanol–water partition coefficient (Wildman–Crippen LogP) is 1.49. The van der Waals surface area contributed by atoms with Crippen LogP contribution >= 0.6 is 0 Å². The first-order chi connectivity index (χ1) is 11.3. The number of fused-ring (bicyclic) bond motifs is 1. The van der Waals surface area contributed by atoms with E-state index in [0.717, 1.165) is 37.0 Å². The number of carbonyl (C=O) groups is 1. The standard InChI is InChI=1S/C16H18N6O/c23-16(11-22-15-6-2-1-5-14(15)18-19-22)20-8-3-4-13(10-20)21-9-7-17-12-21/h1-2,5-7,9,12-13H,3-4,8,10-11H2. The maximum absolute atomic E-state index is 12.6. The van der Waals surface area contributed by atoms with E-state index in [1.54, 1.807) is 10.9 Å². The summed E-state index contributed by atoms with van der Waals surface area (Å²) in [6, 6.07) is 8.00. The molecule has 1 unspecified atom stereocenters. The molecule has 1 aliphatic rings. The van der Waals surface area contributed by atoms with Crippen LogP contribution in [0, 0.1) is 0 Å². The Hall–Kier alpha value is -2.70. The average molecular weight is 310 g/mol. The molecule has 1 amide bonds. The van der Waals surface area contributed by atoms with Crippen LogP contribution in [-0.2, 0) is 11.3 Å². The Morgan fingerprint density at radius 3 is 3.09 bits per heavy atom. The quantitative estimate of drug-likeness (QED) is 0.735. The molecule has 1 fully saturated rings. The van der Waals surface area contributed by atoms with E-state index in [1.165, 1.54) is 0 Å². The van der Waals surface area contributed by atoms with E-state index in [1.807, 2.05) is 41.7 Å². The Morgan fingerprint density at radius 1 is 1.30 bits per heavy atom. The number of piperidine rings is 1. The summed E-state index contributed by atoms with van der Waals surface area (Å²) in [5.41, 5.74) is 1.71. The van der Waals surface area contributed by atoms with Crippen LogP contribution in [0.15, 0.2) is 43.0 Å². The lowest BCUT2D eigenvalue weighted by molar-refractivity contribution is -0.133. The van der Waals surface area contributed by atoms with Crippen molar-refractivity contribution >= 4 is 16.9 Å². The molecule has 0 spiro atoms. The zero-order chi connectivity index (χ0) is 15.6. The van der Waals surface area contributed by atoms with E-state index < -0.39 is 0 Å². The van der Waals surface area contributed by atoms with Gasteiger partial charge in [0.15, 0.2) is 0 Å². The Morgan fingerprint density at radius 2 is 2.22 bits per heavy atom. The minimum Gasteiger partial charge on any atom is -0.339 e. The second-order valence-electron chi connectivity index (χ2n) is 5.88. The molecular formula is C16H18N6O. The predicted molar refractivity (Wildman–Crippen MR) is 84.6 cm³/mol. The fraction of sp³-hybridized carbons (Fsp3) is 0.375. The number of likely N-dealkylation sites (tertiary alicyclic amines) is 1. The van der Waals surface area contributed by atoms with Gasteiger partial charge in [0.05, 0.1) is 17.9 Å². The minimum absolute atomic E-state index is 0.0884. The van der Waals surface area contributed by atoms with Gasteiger partial charge in [0, 0.05) is 25.5 Å². The number of amides is 1. The number of carbonyl (C=O) groups excluding carboxylic acids is 1. The number of hydrogen-bond donors (Lipinski definition) is 0. The summed E-state index contributed by atoms with van der Waals surface area (Å²) in [5.74, 6) is 0.0884. The van der Waals surface area contributed by atoms with E-state index in [-0.39, 0.29) is 12.5 Å². The van der Waals surface area contributed by atoms with Gasteiger partial charge < -0.3 is 9.47 Å². The molecule has 3 aromatic rings. The Bertz CT molecular complexity index is 809. The largest absolute Gasteiger partial charge is 0.339 e. The number of benzene rings is 1. The van der Waals surface area contributed by atoms with Crippen molar-refractivity contribution in [3.8, 4) is 0 Å². The molecule has 7 nitrogen and oxygen atoms in total. The fourth-order valence-corrected chi connectivity index (χ4v) is 3.17. The average Bonchev–Trinajstić information content (AvgIpc) is 3.25. The second kappa shape index (κ2) is 5.83. The van der Waals surface area contributed by atoms with Crippen molar-refractivity contribution in [1.29, 1.82) is 0 Å². The molecule has 0 bridgehead atoms. The molecule has 0 aliphatic carbocycles. The maximum atomic E-state index is 12.6. The van der Waals surface area contributed by atoms with Crippen molar-refractivity contribution in [3.05, 3.63) is 43.0 Å². The molecule has 118 valence electrons. The zero-order valence-corrected chi connectivity index (χ0v) is 12.7. The van der Waals surface area contributed by atoms with Crippen LogP contribution in [0.5, 0.6) is 0 Å². The summed E-state index contributed by atoms with van der Waals surface area (Å²) < 4.78 is 3.77. The first-order valence-electron chi connectivity index (χ1n) is 7.85. The molecule has 1 saturated heterocycles. The van der Waals surface area contributed by atoms with Crippen molar-refractivity contribution in [2.24, 2.45) is 0 Å². The highest BCUT2D eigenvalue weighted by Gasteiger charge is 2.25. The zero-order valence-electron chi connectivity index (χ0n) is 12.7. The van der Waals surface area contributed by atoms with Crippen LogP contribution in [0.4, 0.5) is 0 Å². The Balaban J connectivity index is 1.48. The van der Waals surface area contributed by atoms with Gasteiger partial charge in [-0.25, -0.2) is 9.67 Å². The van der Waals surface area contributed by atoms with Gasteiger partial charge >= 0.3 is 0 Å². The highest BCUT2D eigenvalue weighted by Crippen LogP contribution is 2.21. The molecular weight excluding hydrogens is 292 g/mol. The van der Waals surface area contributed by atoms with Crippen LogP contribution in [0.3, 0.4) is 0 Å². The second-order valence-corrected chi connectivity index (χ2v) is 5.88. The minimum atomic E-state index is 0.0884. The van der Waals surface area contributed by atoms with Crippen LogP contribution in [-0.4, -0.2) is 48.4 Å². The lowest BCUT2D eigenvalue weighted by atomic mass is 10.1. The van der Waals surface area contributed by atoms with Crippen molar-refractivity contribution in [3.63, 3.8) is 0 Å². The first-order valence-corrected chi connectivity index (χ1v) is 7.85. The molecule has 23 heavy (non-hydrogen) atoms. The van der Waals surface area contributed by atoms with Gasteiger partial charge in [-0.05, 0) is 25.0 Å². The van der Waals surface area contributed by atoms with Crippen molar-refractivity contribution in [1.82, 2.24) is 29.4 Å². The van der Waals surface area contributed by atoms with Gasteiger partial charge in [-0.1, -0.05) is 17.3 Å². The molecule has 0 saturated carbocycles. The third-order valence-corrected chi connectivity index (χ3v) is 4.40. The molecule has 1 atom stereocenters. The van der Waals surface area contributed by atoms with E-state index in [2.05, 4.69) is 19.9 Å². The summed E-state index contributed by atoms with van der Waals surface area (Å²) in [4.78, 5) is 18.7. The van der Waals surface area contributed by atoms with Crippen LogP contribution in [0.2, 0.25) is 0 Å². The number of aromatic nitrogens is 5. The van der Waals surface area contributed by atoms with Gasteiger partial charge in [0.2, 0.25) is 5.91 Å². The molecule has 1 aliphatic heterocycles.